The Kier molecular flexibility index (Phi) is 4.98. The highest BCUT2D eigenvalue weighted by Crippen LogP contribution is 2.33. The average molecular weight is 444 g/mol. The Hall–Kier alpha value is -3.24. The molecule has 166 valence electrons. The number of carbonyl (C=O) groups is 1. The number of carbonyl (C=O) groups excluding carboxylic acids is 1. The van der Waals surface area contributed by atoms with Crippen LogP contribution in [0, 0.1) is 0 Å². The van der Waals surface area contributed by atoms with E-state index in [1.807, 2.05) is 0 Å². The number of pyridine rings is 2. The van der Waals surface area contributed by atoms with Crippen LogP contribution in [0.4, 0.5) is 19.0 Å². The predicted octanol–water partition coefficient (Wildman–Crippen LogP) is 3.47. The minimum Gasteiger partial charge on any atom is -0.383 e. The van der Waals surface area contributed by atoms with Gasteiger partial charge >= 0.3 is 6.18 Å². The molecule has 10 heteroatoms. The van der Waals surface area contributed by atoms with Gasteiger partial charge in [0.15, 0.2) is 0 Å². The molecule has 1 aromatic carbocycles. The first-order valence-electron chi connectivity index (χ1n) is 10.0. The van der Waals surface area contributed by atoms with Crippen molar-refractivity contribution in [1.82, 2.24) is 14.9 Å². The summed E-state index contributed by atoms with van der Waals surface area (Å²) in [6, 6.07) is 6.91. The average Bonchev–Trinajstić information content (AvgIpc) is 3.29. The third kappa shape index (κ3) is 3.55. The maximum absolute atomic E-state index is 13.4. The Balaban J connectivity index is 1.48. The fraction of sp³-hybridized carbons (Fsp3) is 0.318. The van der Waals surface area contributed by atoms with Crippen LogP contribution in [0.15, 0.2) is 36.5 Å². The molecule has 1 atom stereocenters. The number of benzene rings is 1. The standard InChI is InChI=1S/C22H19F3N4O3/c23-22(24,25)19-4-2-13(8-27-19)18-11-31-6-5-29(18)21(30)12-1-3-17-14(7-12)15-9-32-10-16(15)20(26)28-17/h1-4,7-8,18H,5-6,9-11H2,(H2,26,28)/t18-/m1/s1. The second-order valence-corrected chi connectivity index (χ2v) is 7.74. The lowest BCUT2D eigenvalue weighted by atomic mass is 10.0. The highest BCUT2D eigenvalue weighted by atomic mass is 19.4. The third-order valence-electron chi connectivity index (χ3n) is 5.83. The molecule has 1 amide bonds. The zero-order valence-corrected chi connectivity index (χ0v) is 16.9. The Morgan fingerprint density at radius 3 is 2.69 bits per heavy atom. The topological polar surface area (TPSA) is 90.6 Å². The molecule has 1 saturated heterocycles. The summed E-state index contributed by atoms with van der Waals surface area (Å²) in [6.45, 7) is 1.60. The molecule has 32 heavy (non-hydrogen) atoms. The first-order valence-corrected chi connectivity index (χ1v) is 10.0. The minimum absolute atomic E-state index is 0.174. The molecule has 2 aliphatic rings. The van der Waals surface area contributed by atoms with E-state index in [4.69, 9.17) is 15.2 Å². The number of nitrogen functional groups attached to an aromatic ring is 1. The number of fused-ring (bicyclic) bond motifs is 3. The molecule has 0 unspecified atom stereocenters. The lowest BCUT2D eigenvalue weighted by Crippen LogP contribution is -2.43. The van der Waals surface area contributed by atoms with E-state index in [0.29, 0.717) is 48.8 Å². The summed E-state index contributed by atoms with van der Waals surface area (Å²) in [5, 5.41) is 0.804. The minimum atomic E-state index is -4.52. The number of nitrogens with two attached hydrogens (primary N) is 1. The number of nitrogens with zero attached hydrogens (tertiary/aromatic N) is 3. The molecule has 0 bridgehead atoms. The van der Waals surface area contributed by atoms with Crippen LogP contribution in [-0.4, -0.2) is 40.5 Å². The fourth-order valence-corrected chi connectivity index (χ4v) is 4.16. The van der Waals surface area contributed by atoms with Crippen LogP contribution in [0.3, 0.4) is 0 Å². The molecule has 2 N–H and O–H groups in total. The first-order chi connectivity index (χ1) is 15.3. The maximum atomic E-state index is 13.4. The molecule has 7 nitrogen and oxygen atoms in total. The Morgan fingerprint density at radius 2 is 1.94 bits per heavy atom. The number of anilines is 1. The van der Waals surface area contributed by atoms with Gasteiger partial charge in [0.2, 0.25) is 0 Å². The molecule has 5 rings (SSSR count). The van der Waals surface area contributed by atoms with Crippen molar-refractivity contribution >= 4 is 22.6 Å². The van der Waals surface area contributed by atoms with Crippen molar-refractivity contribution in [3.05, 3.63) is 64.5 Å². The van der Waals surface area contributed by atoms with E-state index >= 15 is 0 Å². The van der Waals surface area contributed by atoms with Crippen molar-refractivity contribution in [3.8, 4) is 0 Å². The monoisotopic (exact) mass is 444 g/mol. The van der Waals surface area contributed by atoms with Crippen molar-refractivity contribution in [2.24, 2.45) is 0 Å². The van der Waals surface area contributed by atoms with Crippen LogP contribution in [0.25, 0.3) is 10.9 Å². The van der Waals surface area contributed by atoms with Crippen molar-refractivity contribution < 1.29 is 27.4 Å². The summed E-state index contributed by atoms with van der Waals surface area (Å²) in [6.07, 6.45) is -3.37. The molecule has 2 aromatic heterocycles. The molecule has 2 aliphatic heterocycles. The molecule has 3 aromatic rings. The normalized spacial score (nSPS) is 18.7. The Bertz CT molecular complexity index is 1200. The predicted molar refractivity (Wildman–Crippen MR) is 108 cm³/mol. The Labute approximate surface area is 181 Å². The van der Waals surface area contributed by atoms with Gasteiger partial charge in [-0.15, -0.1) is 0 Å². The molecule has 0 aliphatic carbocycles. The van der Waals surface area contributed by atoms with Crippen LogP contribution in [-0.2, 0) is 28.9 Å². The number of ether oxygens (including phenoxy) is 2. The van der Waals surface area contributed by atoms with E-state index in [0.717, 1.165) is 28.8 Å². The molecular formula is C22H19F3N4O3. The van der Waals surface area contributed by atoms with Gasteiger partial charge in [-0.1, -0.05) is 6.07 Å². The summed E-state index contributed by atoms with van der Waals surface area (Å²) < 4.78 is 49.6. The number of amides is 1. The second kappa shape index (κ2) is 7.72. The van der Waals surface area contributed by atoms with Crippen molar-refractivity contribution in [2.75, 3.05) is 25.5 Å². The van der Waals surface area contributed by atoms with Gasteiger partial charge in [0.25, 0.3) is 5.91 Å². The van der Waals surface area contributed by atoms with Gasteiger partial charge in [-0.2, -0.15) is 13.2 Å². The highest BCUT2D eigenvalue weighted by molar-refractivity contribution is 5.99. The molecule has 0 radical (unpaired) electrons. The van der Waals surface area contributed by atoms with Gasteiger partial charge in [-0.3, -0.25) is 9.78 Å². The van der Waals surface area contributed by atoms with Crippen LogP contribution in [0.2, 0.25) is 0 Å². The van der Waals surface area contributed by atoms with Crippen molar-refractivity contribution in [2.45, 2.75) is 25.4 Å². The van der Waals surface area contributed by atoms with E-state index in [9.17, 15) is 18.0 Å². The number of morpholine rings is 1. The van der Waals surface area contributed by atoms with Crippen LogP contribution >= 0.6 is 0 Å². The SMILES string of the molecule is Nc1nc2ccc(C(=O)N3CCOC[C@@H]3c3ccc(C(F)(F)F)nc3)cc2c2c1COC2. The first kappa shape index (κ1) is 20.7. The number of alkyl halides is 3. The van der Waals surface area contributed by atoms with Gasteiger partial charge in [0, 0.05) is 29.3 Å². The van der Waals surface area contributed by atoms with Crippen LogP contribution < -0.4 is 5.73 Å². The van der Waals surface area contributed by atoms with Gasteiger partial charge in [0.1, 0.15) is 11.5 Å². The number of aromatic nitrogens is 2. The van der Waals surface area contributed by atoms with E-state index in [1.54, 1.807) is 23.1 Å². The molecule has 0 saturated carbocycles. The van der Waals surface area contributed by atoms with Crippen molar-refractivity contribution in [1.29, 1.82) is 0 Å². The highest BCUT2D eigenvalue weighted by Gasteiger charge is 2.34. The summed E-state index contributed by atoms with van der Waals surface area (Å²) in [7, 11) is 0. The zero-order valence-electron chi connectivity index (χ0n) is 16.9. The van der Waals surface area contributed by atoms with Gasteiger partial charge in [-0.25, -0.2) is 4.98 Å². The fourth-order valence-electron chi connectivity index (χ4n) is 4.16. The molecular weight excluding hydrogens is 425 g/mol. The number of rotatable bonds is 2. The molecule has 4 heterocycles. The van der Waals surface area contributed by atoms with Crippen molar-refractivity contribution in [3.63, 3.8) is 0 Å². The maximum Gasteiger partial charge on any atom is 0.433 e. The number of hydrogen-bond donors (Lipinski definition) is 1. The van der Waals surface area contributed by atoms with Gasteiger partial charge in [0.05, 0.1) is 38.0 Å². The van der Waals surface area contributed by atoms with E-state index in [1.165, 1.54) is 6.07 Å². The quantitative estimate of drug-likeness (QED) is 0.651. The lowest BCUT2D eigenvalue weighted by molar-refractivity contribution is -0.141. The summed E-state index contributed by atoms with van der Waals surface area (Å²) in [5.74, 6) is 0.178. The molecule has 1 fully saturated rings. The van der Waals surface area contributed by atoms with Gasteiger partial charge < -0.3 is 20.1 Å². The lowest BCUT2D eigenvalue weighted by Gasteiger charge is -2.36. The Morgan fingerprint density at radius 1 is 1.12 bits per heavy atom. The van der Waals surface area contributed by atoms with Crippen LogP contribution in [0.1, 0.15) is 38.8 Å². The third-order valence-corrected chi connectivity index (χ3v) is 5.83. The number of halogens is 3. The largest absolute Gasteiger partial charge is 0.433 e. The van der Waals surface area contributed by atoms with E-state index < -0.39 is 17.9 Å². The van der Waals surface area contributed by atoms with Crippen LogP contribution in [0.5, 0.6) is 0 Å². The number of hydrogen-bond acceptors (Lipinski definition) is 6. The van der Waals surface area contributed by atoms with E-state index in [-0.39, 0.29) is 12.5 Å². The summed E-state index contributed by atoms with van der Waals surface area (Å²) in [5.41, 5.74) is 8.40. The summed E-state index contributed by atoms with van der Waals surface area (Å²) in [4.78, 5) is 23.0. The second-order valence-electron chi connectivity index (χ2n) is 7.74. The molecule has 0 spiro atoms. The van der Waals surface area contributed by atoms with E-state index in [2.05, 4.69) is 9.97 Å². The summed E-state index contributed by atoms with van der Waals surface area (Å²) >= 11 is 0. The smallest absolute Gasteiger partial charge is 0.383 e. The zero-order chi connectivity index (χ0) is 22.5. The van der Waals surface area contributed by atoms with Gasteiger partial charge in [-0.05, 0) is 35.4 Å².